The number of aliphatic hydroxyl groups excluding tert-OH is 1. The standard InChI is InChI=1S/C17H22N4O2/c1-20(15-3-5-19-17-14(15)2-4-18-17)13-6-11-8-21(16(23)10-22)9-12(11)7-13/h2-5,11-13,22H,6-10H2,1H3,(H,18,19)/t11-,12+,13-. The van der Waals surface area contributed by atoms with Crippen LogP contribution in [0, 0.1) is 11.8 Å². The second kappa shape index (κ2) is 5.53. The number of nitrogens with one attached hydrogen (secondary N) is 1. The van der Waals surface area contributed by atoms with Crippen LogP contribution in [0.1, 0.15) is 12.8 Å². The number of aliphatic hydroxyl groups is 1. The Morgan fingerprint density at radius 1 is 1.39 bits per heavy atom. The summed E-state index contributed by atoms with van der Waals surface area (Å²) < 4.78 is 0. The Bertz CT molecular complexity index is 714. The zero-order valence-corrected chi connectivity index (χ0v) is 13.3. The average Bonchev–Trinajstić information content (AvgIpc) is 3.26. The van der Waals surface area contributed by atoms with Crippen molar-refractivity contribution in [2.24, 2.45) is 11.8 Å². The Hall–Kier alpha value is -2.08. The van der Waals surface area contributed by atoms with Gasteiger partial charge in [0.1, 0.15) is 12.3 Å². The summed E-state index contributed by atoms with van der Waals surface area (Å²) in [4.78, 5) is 23.4. The van der Waals surface area contributed by atoms with E-state index in [-0.39, 0.29) is 12.5 Å². The van der Waals surface area contributed by atoms with Gasteiger partial charge in [-0.3, -0.25) is 4.79 Å². The highest BCUT2D eigenvalue weighted by Crippen LogP contribution is 2.41. The van der Waals surface area contributed by atoms with Crippen molar-refractivity contribution in [3.8, 4) is 0 Å². The molecule has 0 aromatic carbocycles. The Morgan fingerprint density at radius 2 is 2.13 bits per heavy atom. The largest absolute Gasteiger partial charge is 0.387 e. The van der Waals surface area contributed by atoms with E-state index in [9.17, 15) is 4.79 Å². The highest BCUT2D eigenvalue weighted by molar-refractivity contribution is 5.89. The first-order chi connectivity index (χ1) is 11.2. The van der Waals surface area contributed by atoms with E-state index in [4.69, 9.17) is 5.11 Å². The number of amides is 1. The van der Waals surface area contributed by atoms with E-state index in [1.165, 1.54) is 5.69 Å². The quantitative estimate of drug-likeness (QED) is 0.894. The summed E-state index contributed by atoms with van der Waals surface area (Å²) in [6, 6.07) is 4.65. The lowest BCUT2D eigenvalue weighted by Crippen LogP contribution is -2.35. The van der Waals surface area contributed by atoms with Crippen molar-refractivity contribution in [1.82, 2.24) is 14.9 Å². The molecule has 4 rings (SSSR count). The van der Waals surface area contributed by atoms with Crippen molar-refractivity contribution in [3.05, 3.63) is 24.5 Å². The smallest absolute Gasteiger partial charge is 0.248 e. The molecule has 1 aliphatic carbocycles. The molecule has 2 aromatic rings. The van der Waals surface area contributed by atoms with E-state index in [0.717, 1.165) is 37.0 Å². The van der Waals surface area contributed by atoms with Gasteiger partial charge < -0.3 is 19.9 Å². The van der Waals surface area contributed by atoms with Gasteiger partial charge in [0.25, 0.3) is 0 Å². The first-order valence-electron chi connectivity index (χ1n) is 8.21. The summed E-state index contributed by atoms with van der Waals surface area (Å²) in [5.74, 6) is 0.982. The van der Waals surface area contributed by atoms with Crippen LogP contribution in [-0.4, -0.2) is 58.7 Å². The molecule has 0 radical (unpaired) electrons. The number of fused-ring (bicyclic) bond motifs is 2. The van der Waals surface area contributed by atoms with Gasteiger partial charge in [0.15, 0.2) is 0 Å². The third kappa shape index (κ3) is 2.37. The van der Waals surface area contributed by atoms with Crippen LogP contribution in [0.5, 0.6) is 0 Å². The number of carbonyl (C=O) groups excluding carboxylic acids is 1. The lowest BCUT2D eigenvalue weighted by atomic mass is 10.0. The van der Waals surface area contributed by atoms with Crippen molar-refractivity contribution in [2.45, 2.75) is 18.9 Å². The van der Waals surface area contributed by atoms with Gasteiger partial charge in [-0.1, -0.05) is 0 Å². The molecule has 3 atom stereocenters. The lowest BCUT2D eigenvalue weighted by Gasteiger charge is -2.29. The van der Waals surface area contributed by atoms with Crippen LogP contribution in [0.4, 0.5) is 5.69 Å². The van der Waals surface area contributed by atoms with E-state index in [1.54, 1.807) is 0 Å². The molecule has 0 unspecified atom stereocenters. The van der Waals surface area contributed by atoms with Crippen LogP contribution in [-0.2, 0) is 4.79 Å². The molecule has 23 heavy (non-hydrogen) atoms. The molecule has 6 heteroatoms. The topological polar surface area (TPSA) is 72.5 Å². The third-order valence-electron chi connectivity index (χ3n) is 5.58. The molecule has 2 aliphatic rings. The molecule has 1 saturated carbocycles. The molecule has 122 valence electrons. The van der Waals surface area contributed by atoms with Gasteiger partial charge >= 0.3 is 0 Å². The van der Waals surface area contributed by atoms with Gasteiger partial charge in [-0.2, -0.15) is 0 Å². The van der Waals surface area contributed by atoms with Crippen molar-refractivity contribution >= 4 is 22.6 Å². The van der Waals surface area contributed by atoms with Crippen LogP contribution < -0.4 is 4.90 Å². The van der Waals surface area contributed by atoms with Crippen LogP contribution in [0.15, 0.2) is 24.5 Å². The zero-order chi connectivity index (χ0) is 16.0. The maximum atomic E-state index is 11.7. The monoisotopic (exact) mass is 314 g/mol. The predicted octanol–water partition coefficient (Wildman–Crippen LogP) is 1.23. The minimum absolute atomic E-state index is 0.132. The van der Waals surface area contributed by atoms with Crippen molar-refractivity contribution < 1.29 is 9.90 Å². The highest BCUT2D eigenvalue weighted by Gasteiger charge is 2.43. The minimum atomic E-state index is -0.370. The molecular weight excluding hydrogens is 292 g/mol. The zero-order valence-electron chi connectivity index (χ0n) is 13.3. The van der Waals surface area contributed by atoms with Crippen molar-refractivity contribution in [1.29, 1.82) is 0 Å². The predicted molar refractivity (Wildman–Crippen MR) is 88.2 cm³/mol. The minimum Gasteiger partial charge on any atom is -0.387 e. The van der Waals surface area contributed by atoms with E-state index >= 15 is 0 Å². The van der Waals surface area contributed by atoms with Crippen LogP contribution in [0.2, 0.25) is 0 Å². The number of aromatic nitrogens is 2. The molecule has 1 amide bonds. The second-order valence-corrected chi connectivity index (χ2v) is 6.78. The van der Waals surface area contributed by atoms with Gasteiger partial charge in [-0.05, 0) is 36.8 Å². The molecule has 0 spiro atoms. The van der Waals surface area contributed by atoms with E-state index < -0.39 is 0 Å². The normalized spacial score (nSPS) is 26.7. The van der Waals surface area contributed by atoms with E-state index in [1.807, 2.05) is 17.3 Å². The molecular formula is C17H22N4O2. The Kier molecular flexibility index (Phi) is 3.49. The Morgan fingerprint density at radius 3 is 2.83 bits per heavy atom. The summed E-state index contributed by atoms with van der Waals surface area (Å²) in [5, 5.41) is 10.2. The van der Waals surface area contributed by atoms with Gasteiger partial charge in [-0.25, -0.2) is 4.98 Å². The fourth-order valence-corrected chi connectivity index (χ4v) is 4.34. The fourth-order valence-electron chi connectivity index (χ4n) is 4.34. The molecule has 2 N–H and O–H groups in total. The van der Waals surface area contributed by atoms with Gasteiger partial charge in [0, 0.05) is 49.6 Å². The number of anilines is 1. The summed E-state index contributed by atoms with van der Waals surface area (Å²) in [6.45, 7) is 1.22. The molecule has 6 nitrogen and oxygen atoms in total. The van der Waals surface area contributed by atoms with Crippen molar-refractivity contribution in [3.63, 3.8) is 0 Å². The maximum absolute atomic E-state index is 11.7. The number of H-pyrrole nitrogens is 1. The number of rotatable bonds is 3. The number of likely N-dealkylation sites (tertiary alicyclic amines) is 1. The van der Waals surface area contributed by atoms with Gasteiger partial charge in [0.05, 0.1) is 0 Å². The second-order valence-electron chi connectivity index (χ2n) is 6.78. The SMILES string of the molecule is CN(c1ccnc2[nH]ccc12)[C@@H]1C[C@@H]2CN(C(=O)CO)C[C@@H]2C1. The number of carbonyl (C=O) groups is 1. The summed E-state index contributed by atoms with van der Waals surface area (Å²) >= 11 is 0. The number of hydrogen-bond donors (Lipinski definition) is 2. The first kappa shape index (κ1) is 14.5. The first-order valence-corrected chi connectivity index (χ1v) is 8.21. The molecule has 2 fully saturated rings. The molecule has 1 aliphatic heterocycles. The number of pyridine rings is 1. The lowest BCUT2D eigenvalue weighted by molar-refractivity contribution is -0.133. The van der Waals surface area contributed by atoms with Crippen LogP contribution in [0.25, 0.3) is 11.0 Å². The summed E-state index contributed by atoms with van der Waals surface area (Å²) in [6.07, 6.45) is 5.98. The maximum Gasteiger partial charge on any atom is 0.248 e. The van der Waals surface area contributed by atoms with Gasteiger partial charge in [-0.15, -0.1) is 0 Å². The molecule has 3 heterocycles. The molecule has 2 aromatic heterocycles. The highest BCUT2D eigenvalue weighted by atomic mass is 16.3. The Balaban J connectivity index is 1.49. The van der Waals surface area contributed by atoms with Crippen molar-refractivity contribution in [2.75, 3.05) is 31.6 Å². The van der Waals surface area contributed by atoms with Gasteiger partial charge in [0.2, 0.25) is 5.91 Å². The number of aromatic amines is 1. The average molecular weight is 314 g/mol. The molecule has 0 bridgehead atoms. The van der Waals surface area contributed by atoms with E-state index in [0.29, 0.717) is 17.9 Å². The summed E-state index contributed by atoms with van der Waals surface area (Å²) in [5.41, 5.74) is 2.14. The van der Waals surface area contributed by atoms with Crippen LogP contribution >= 0.6 is 0 Å². The summed E-state index contributed by atoms with van der Waals surface area (Å²) in [7, 11) is 2.16. The number of nitrogens with zero attached hydrogens (tertiary/aromatic N) is 3. The van der Waals surface area contributed by atoms with Crippen LogP contribution in [0.3, 0.4) is 0 Å². The fraction of sp³-hybridized carbons (Fsp3) is 0.529. The third-order valence-corrected chi connectivity index (χ3v) is 5.58. The van der Waals surface area contributed by atoms with E-state index in [2.05, 4.69) is 34.0 Å². The number of hydrogen-bond acceptors (Lipinski definition) is 4. The Labute approximate surface area is 135 Å². The molecule has 1 saturated heterocycles.